The summed E-state index contributed by atoms with van der Waals surface area (Å²) < 4.78 is 14.2. The van der Waals surface area contributed by atoms with Crippen molar-refractivity contribution in [1.82, 2.24) is 14.9 Å². The molecule has 0 bridgehead atoms. The largest absolute Gasteiger partial charge is 0.481 e. The van der Waals surface area contributed by atoms with Gasteiger partial charge in [-0.15, -0.1) is 0 Å². The second kappa shape index (κ2) is 8.96. The first kappa shape index (κ1) is 24.1. The van der Waals surface area contributed by atoms with Gasteiger partial charge in [-0.05, 0) is 92.1 Å². The molecular formula is C28H29ClFN5O2. The standard InChI is InChI=1S/C28H29ClFN5O2/c1-28(26(36)37)15-35(24-12-19(30)5-6-22(24)28)25-23(29)13-31-27(33-25)32-20-10-17(9-16-3-4-16)21-7-8-34(2)14-18(21)11-20/h5-6,10-13,16H,3-4,7-9,14-15H2,1-2H3,(H,36,37)(H,31,32,33). The fraction of sp³-hybridized carbons (Fsp3) is 0.393. The molecule has 3 aromatic rings. The molecule has 1 aromatic heterocycles. The monoisotopic (exact) mass is 521 g/mol. The van der Waals surface area contributed by atoms with Crippen LogP contribution >= 0.6 is 11.6 Å². The Kier molecular flexibility index (Phi) is 5.84. The smallest absolute Gasteiger partial charge is 0.315 e. The molecular weight excluding hydrogens is 493 g/mol. The van der Waals surface area contributed by atoms with Gasteiger partial charge >= 0.3 is 5.97 Å². The Morgan fingerprint density at radius 1 is 1.30 bits per heavy atom. The third kappa shape index (κ3) is 4.42. The van der Waals surface area contributed by atoms with Gasteiger partial charge < -0.3 is 20.2 Å². The van der Waals surface area contributed by atoms with Crippen LogP contribution < -0.4 is 10.2 Å². The van der Waals surface area contributed by atoms with Crippen molar-refractivity contribution in [2.45, 2.75) is 44.6 Å². The maximum absolute atomic E-state index is 14.2. The molecule has 2 aliphatic heterocycles. The average molecular weight is 522 g/mol. The minimum absolute atomic E-state index is 0.0774. The molecule has 6 rings (SSSR count). The molecule has 1 aliphatic carbocycles. The zero-order chi connectivity index (χ0) is 25.9. The van der Waals surface area contributed by atoms with Crippen LogP contribution in [0.3, 0.4) is 0 Å². The Hall–Kier alpha value is -3.23. The SMILES string of the molecule is CN1CCc2c(CC3CC3)cc(Nc3ncc(Cl)c(N4CC(C)(C(=O)O)c5ccc(F)cc54)n3)cc2C1. The van der Waals surface area contributed by atoms with Crippen molar-refractivity contribution in [1.29, 1.82) is 0 Å². The summed E-state index contributed by atoms with van der Waals surface area (Å²) >= 11 is 6.52. The van der Waals surface area contributed by atoms with Gasteiger partial charge in [-0.2, -0.15) is 4.98 Å². The van der Waals surface area contributed by atoms with Crippen molar-refractivity contribution in [3.8, 4) is 0 Å². The van der Waals surface area contributed by atoms with Gasteiger partial charge in [0.1, 0.15) is 16.3 Å². The molecule has 7 nitrogen and oxygen atoms in total. The number of rotatable bonds is 6. The number of hydrogen-bond donors (Lipinski definition) is 2. The Morgan fingerprint density at radius 2 is 2.11 bits per heavy atom. The summed E-state index contributed by atoms with van der Waals surface area (Å²) in [5.41, 5.74) is 4.84. The van der Waals surface area contributed by atoms with E-state index in [2.05, 4.69) is 39.4 Å². The van der Waals surface area contributed by atoms with Crippen LogP contribution in [0.5, 0.6) is 0 Å². The van der Waals surface area contributed by atoms with Gasteiger partial charge in [0, 0.05) is 31.0 Å². The lowest BCUT2D eigenvalue weighted by Crippen LogP contribution is -2.36. The highest BCUT2D eigenvalue weighted by atomic mass is 35.5. The van der Waals surface area contributed by atoms with E-state index >= 15 is 0 Å². The second-order valence-corrected chi connectivity index (χ2v) is 11.2. The van der Waals surface area contributed by atoms with E-state index in [-0.39, 0.29) is 11.6 Å². The van der Waals surface area contributed by atoms with E-state index < -0.39 is 17.2 Å². The number of halogens is 2. The van der Waals surface area contributed by atoms with Gasteiger partial charge in [0.05, 0.1) is 6.20 Å². The topological polar surface area (TPSA) is 81.6 Å². The fourth-order valence-corrected chi connectivity index (χ4v) is 5.80. The van der Waals surface area contributed by atoms with Gasteiger partial charge in [0.15, 0.2) is 5.82 Å². The molecule has 9 heteroatoms. The molecule has 1 unspecified atom stereocenters. The van der Waals surface area contributed by atoms with Crippen molar-refractivity contribution in [2.75, 3.05) is 30.4 Å². The van der Waals surface area contributed by atoms with Crippen LogP contribution in [0.4, 0.5) is 27.5 Å². The van der Waals surface area contributed by atoms with Crippen LogP contribution in [-0.2, 0) is 29.6 Å². The predicted octanol–water partition coefficient (Wildman–Crippen LogP) is 5.45. The lowest BCUT2D eigenvalue weighted by atomic mass is 9.85. The van der Waals surface area contributed by atoms with E-state index in [1.807, 2.05) is 0 Å². The van der Waals surface area contributed by atoms with E-state index in [9.17, 15) is 14.3 Å². The number of carboxylic acid groups (broad SMARTS) is 1. The molecule has 1 atom stereocenters. The number of aromatic nitrogens is 2. The van der Waals surface area contributed by atoms with E-state index in [1.165, 1.54) is 53.9 Å². The lowest BCUT2D eigenvalue weighted by Gasteiger charge is -2.28. The normalized spacial score (nSPS) is 21.0. The number of benzene rings is 2. The number of hydrogen-bond acceptors (Lipinski definition) is 6. The molecule has 3 heterocycles. The van der Waals surface area contributed by atoms with Gasteiger partial charge in [0.2, 0.25) is 5.95 Å². The number of anilines is 4. The maximum Gasteiger partial charge on any atom is 0.315 e. The summed E-state index contributed by atoms with van der Waals surface area (Å²) in [6.07, 6.45) is 6.24. The molecule has 37 heavy (non-hydrogen) atoms. The van der Waals surface area contributed by atoms with Gasteiger partial charge in [0.25, 0.3) is 0 Å². The number of fused-ring (bicyclic) bond motifs is 2. The Balaban J connectivity index is 1.36. The van der Waals surface area contributed by atoms with Crippen molar-refractivity contribution in [3.63, 3.8) is 0 Å². The highest BCUT2D eigenvalue weighted by Crippen LogP contribution is 2.46. The van der Waals surface area contributed by atoms with Crippen LogP contribution in [0.25, 0.3) is 0 Å². The molecule has 1 saturated carbocycles. The molecule has 0 spiro atoms. The average Bonchev–Trinajstić information content (AvgIpc) is 3.62. The van der Waals surface area contributed by atoms with Crippen LogP contribution in [0.2, 0.25) is 5.02 Å². The van der Waals surface area contributed by atoms with Crippen LogP contribution in [-0.4, -0.2) is 46.1 Å². The lowest BCUT2D eigenvalue weighted by molar-refractivity contribution is -0.142. The van der Waals surface area contributed by atoms with Crippen molar-refractivity contribution in [3.05, 3.63) is 69.6 Å². The summed E-state index contributed by atoms with van der Waals surface area (Å²) in [7, 11) is 2.14. The number of aliphatic carboxylic acids is 1. The number of carbonyl (C=O) groups is 1. The molecule has 0 saturated heterocycles. The molecule has 192 valence electrons. The number of carboxylic acids is 1. The maximum atomic E-state index is 14.2. The third-order valence-electron chi connectivity index (χ3n) is 7.85. The van der Waals surface area contributed by atoms with Gasteiger partial charge in [-0.25, -0.2) is 9.37 Å². The number of nitrogens with one attached hydrogen (secondary N) is 1. The second-order valence-electron chi connectivity index (χ2n) is 10.8. The quantitative estimate of drug-likeness (QED) is 0.446. The van der Waals surface area contributed by atoms with Gasteiger partial charge in [-0.1, -0.05) is 17.7 Å². The van der Waals surface area contributed by atoms with Crippen molar-refractivity contribution in [2.24, 2.45) is 5.92 Å². The summed E-state index contributed by atoms with van der Waals surface area (Å²) in [6, 6.07) is 8.52. The van der Waals surface area contributed by atoms with Crippen molar-refractivity contribution >= 4 is 40.7 Å². The summed E-state index contributed by atoms with van der Waals surface area (Å²) in [5.74, 6) is 0.0176. The number of nitrogens with zero attached hydrogens (tertiary/aromatic N) is 4. The van der Waals surface area contributed by atoms with E-state index in [0.29, 0.717) is 23.0 Å². The van der Waals surface area contributed by atoms with Gasteiger partial charge in [-0.3, -0.25) is 4.79 Å². The molecule has 1 fully saturated rings. The molecule has 0 amide bonds. The first-order valence-corrected chi connectivity index (χ1v) is 13.0. The van der Waals surface area contributed by atoms with E-state index in [0.717, 1.165) is 37.5 Å². The summed E-state index contributed by atoms with van der Waals surface area (Å²) in [6.45, 7) is 3.67. The first-order valence-electron chi connectivity index (χ1n) is 12.6. The minimum atomic E-state index is -1.23. The zero-order valence-electron chi connectivity index (χ0n) is 20.9. The Bertz CT molecular complexity index is 1410. The summed E-state index contributed by atoms with van der Waals surface area (Å²) in [4.78, 5) is 25.3. The molecule has 0 radical (unpaired) electrons. The fourth-order valence-electron chi connectivity index (χ4n) is 5.61. The first-order chi connectivity index (χ1) is 17.7. The Morgan fingerprint density at radius 3 is 2.86 bits per heavy atom. The number of likely N-dealkylation sites (N-methyl/N-ethyl adjacent to an activating group) is 1. The zero-order valence-corrected chi connectivity index (χ0v) is 21.6. The molecule has 3 aliphatic rings. The van der Waals surface area contributed by atoms with E-state index in [4.69, 9.17) is 11.6 Å². The highest BCUT2D eigenvalue weighted by Gasteiger charge is 2.46. The predicted molar refractivity (Wildman–Crippen MR) is 142 cm³/mol. The van der Waals surface area contributed by atoms with Crippen molar-refractivity contribution < 1.29 is 14.3 Å². The highest BCUT2D eigenvalue weighted by molar-refractivity contribution is 6.33. The van der Waals surface area contributed by atoms with E-state index in [1.54, 1.807) is 11.8 Å². The van der Waals surface area contributed by atoms with Crippen LogP contribution in [0.15, 0.2) is 36.5 Å². The molecule has 2 aromatic carbocycles. The summed E-state index contributed by atoms with van der Waals surface area (Å²) in [5, 5.41) is 13.6. The third-order valence-corrected chi connectivity index (χ3v) is 8.12. The Labute approximate surface area is 220 Å². The van der Waals surface area contributed by atoms with Crippen LogP contribution in [0, 0.1) is 11.7 Å². The molecule has 2 N–H and O–H groups in total. The van der Waals surface area contributed by atoms with Crippen LogP contribution in [0.1, 0.15) is 42.0 Å². The minimum Gasteiger partial charge on any atom is -0.481 e.